The van der Waals surface area contributed by atoms with Gasteiger partial charge in [0.2, 0.25) is 0 Å². The molecule has 1 N–H and O–H groups in total. The summed E-state index contributed by atoms with van der Waals surface area (Å²) in [5.74, 6) is 1.74. The Labute approximate surface area is 210 Å². The lowest BCUT2D eigenvalue weighted by Gasteiger charge is -2.29. The Bertz CT molecular complexity index is 1140. The fourth-order valence-corrected chi connectivity index (χ4v) is 5.05. The highest BCUT2D eigenvalue weighted by Gasteiger charge is 2.35. The van der Waals surface area contributed by atoms with Crippen LogP contribution in [0.15, 0.2) is 40.4 Å². The van der Waals surface area contributed by atoms with Gasteiger partial charge in [-0.15, -0.1) is 6.42 Å². The van der Waals surface area contributed by atoms with Gasteiger partial charge in [-0.05, 0) is 86.6 Å². The van der Waals surface area contributed by atoms with Crippen molar-refractivity contribution in [2.75, 3.05) is 11.5 Å². The van der Waals surface area contributed by atoms with E-state index in [2.05, 4.69) is 49.8 Å². The first-order valence-electron chi connectivity index (χ1n) is 8.15. The van der Waals surface area contributed by atoms with Crippen molar-refractivity contribution in [3.05, 3.63) is 59.6 Å². The number of amides is 2. The molecule has 0 aliphatic carbocycles. The average molecular weight is 636 g/mol. The number of thiocarbonyl (C=S) groups is 1. The van der Waals surface area contributed by atoms with Crippen molar-refractivity contribution >= 4 is 103 Å². The molecule has 1 saturated heterocycles. The fourth-order valence-electron chi connectivity index (χ4n) is 2.62. The van der Waals surface area contributed by atoms with Crippen LogP contribution in [0.25, 0.3) is 6.08 Å². The highest BCUT2D eigenvalue weighted by Crippen LogP contribution is 2.35. The summed E-state index contributed by atoms with van der Waals surface area (Å²) in [6.45, 7) is 0.114. The van der Waals surface area contributed by atoms with E-state index in [1.807, 2.05) is 0 Å². The molecule has 2 aromatic rings. The van der Waals surface area contributed by atoms with E-state index in [0.717, 1.165) is 8.47 Å². The van der Waals surface area contributed by atoms with Gasteiger partial charge >= 0.3 is 0 Å². The Morgan fingerprint density at radius 3 is 2.73 bits per heavy atom. The number of anilines is 1. The van der Waals surface area contributed by atoms with Crippen LogP contribution in [0, 0.1) is 15.9 Å². The monoisotopic (exact) mass is 634 g/mol. The van der Waals surface area contributed by atoms with Gasteiger partial charge < -0.3 is 4.74 Å². The third kappa shape index (κ3) is 4.65. The van der Waals surface area contributed by atoms with Crippen LogP contribution in [0.4, 0.5) is 5.69 Å². The normalized spacial score (nSPS) is 15.2. The minimum atomic E-state index is -0.619. The number of terminal acetylenes is 1. The van der Waals surface area contributed by atoms with E-state index < -0.39 is 11.8 Å². The van der Waals surface area contributed by atoms with Gasteiger partial charge in [0.05, 0.1) is 23.8 Å². The van der Waals surface area contributed by atoms with Crippen LogP contribution in [0.3, 0.4) is 0 Å². The highest BCUT2D eigenvalue weighted by atomic mass is 127. The number of nitrogens with one attached hydrogen (secondary N) is 1. The van der Waals surface area contributed by atoms with E-state index in [9.17, 15) is 9.59 Å². The van der Waals surface area contributed by atoms with Gasteiger partial charge in [0.25, 0.3) is 11.8 Å². The lowest BCUT2D eigenvalue weighted by Crippen LogP contribution is -2.54. The van der Waals surface area contributed by atoms with Gasteiger partial charge in [-0.3, -0.25) is 19.8 Å². The maximum atomic E-state index is 13.1. The van der Waals surface area contributed by atoms with Crippen molar-refractivity contribution in [3.63, 3.8) is 0 Å². The van der Waals surface area contributed by atoms with Crippen molar-refractivity contribution in [1.82, 2.24) is 5.32 Å². The van der Waals surface area contributed by atoms with Crippen LogP contribution in [-0.2, 0) is 9.59 Å². The zero-order valence-corrected chi connectivity index (χ0v) is 20.9. The van der Waals surface area contributed by atoms with Crippen LogP contribution in [-0.4, -0.2) is 23.5 Å². The van der Waals surface area contributed by atoms with Crippen LogP contribution < -0.4 is 15.0 Å². The van der Waals surface area contributed by atoms with Crippen molar-refractivity contribution in [2.45, 2.75) is 0 Å². The van der Waals surface area contributed by atoms with E-state index in [-0.39, 0.29) is 33.0 Å². The van der Waals surface area contributed by atoms with Crippen molar-refractivity contribution in [1.29, 1.82) is 0 Å². The second-order valence-electron chi connectivity index (χ2n) is 5.84. The number of halogens is 4. The Morgan fingerprint density at radius 2 is 2.07 bits per heavy atom. The second-order valence-corrected chi connectivity index (χ2v) is 9.03. The van der Waals surface area contributed by atoms with Crippen LogP contribution in [0.2, 0.25) is 10.0 Å². The SMILES string of the molecule is C#CCOc1c(Br)cc(/C=C2\C(=O)NC(=S)N(c3cccc(Cl)c3Cl)C2=O)cc1I. The standard InChI is InChI=1S/C20H10BrCl2IN2O3S/c1-2-6-29-17-12(21)8-10(9-14(17)24)7-11-18(27)25-20(30)26(19(11)28)15-5-3-4-13(22)16(15)23/h1,3-5,7-9H,6H2,(H,25,27,30)/b11-7+. The van der Waals surface area contributed by atoms with E-state index in [1.165, 1.54) is 6.08 Å². The predicted molar refractivity (Wildman–Crippen MR) is 134 cm³/mol. The molecular formula is C20H10BrCl2IN2O3S. The molecule has 0 atom stereocenters. The van der Waals surface area contributed by atoms with Crippen molar-refractivity contribution in [2.24, 2.45) is 0 Å². The molecule has 0 saturated carbocycles. The van der Waals surface area contributed by atoms with Gasteiger partial charge in [-0.2, -0.15) is 0 Å². The third-order valence-corrected chi connectivity index (χ3v) is 6.39. The number of carbonyl (C=O) groups is 2. The molecule has 2 amide bonds. The summed E-state index contributed by atoms with van der Waals surface area (Å²) in [7, 11) is 0. The molecule has 0 bridgehead atoms. The number of hydrogen-bond donors (Lipinski definition) is 1. The maximum Gasteiger partial charge on any atom is 0.270 e. The molecule has 1 aliphatic rings. The van der Waals surface area contributed by atoms with Crippen LogP contribution in [0.1, 0.15) is 5.56 Å². The van der Waals surface area contributed by atoms with Crippen molar-refractivity contribution < 1.29 is 14.3 Å². The molecule has 30 heavy (non-hydrogen) atoms. The van der Waals surface area contributed by atoms with Gasteiger partial charge in [0.1, 0.15) is 17.9 Å². The van der Waals surface area contributed by atoms with Gasteiger partial charge in [0, 0.05) is 0 Å². The molecule has 3 rings (SSSR count). The first kappa shape index (κ1) is 23.0. The van der Waals surface area contributed by atoms with E-state index in [1.54, 1.807) is 30.3 Å². The van der Waals surface area contributed by atoms with E-state index in [4.69, 9.17) is 46.6 Å². The van der Waals surface area contributed by atoms with Gasteiger partial charge in [-0.1, -0.05) is 35.2 Å². The lowest BCUT2D eigenvalue weighted by molar-refractivity contribution is -0.122. The highest BCUT2D eigenvalue weighted by molar-refractivity contribution is 14.1. The van der Waals surface area contributed by atoms with Gasteiger partial charge in [-0.25, -0.2) is 0 Å². The first-order valence-corrected chi connectivity index (χ1v) is 11.2. The summed E-state index contributed by atoms with van der Waals surface area (Å²) in [6, 6.07) is 8.28. The average Bonchev–Trinajstić information content (AvgIpc) is 2.67. The number of carbonyl (C=O) groups excluding carboxylic acids is 2. The molecule has 152 valence electrons. The number of rotatable bonds is 4. The Kier molecular flexibility index (Phi) is 7.42. The maximum absolute atomic E-state index is 13.1. The Morgan fingerprint density at radius 1 is 1.33 bits per heavy atom. The van der Waals surface area contributed by atoms with Gasteiger partial charge in [0.15, 0.2) is 5.11 Å². The third-order valence-electron chi connectivity index (χ3n) is 3.91. The molecule has 1 heterocycles. The topological polar surface area (TPSA) is 58.6 Å². The number of benzene rings is 2. The molecule has 0 unspecified atom stereocenters. The number of hydrogen-bond acceptors (Lipinski definition) is 4. The molecule has 0 aromatic heterocycles. The fraction of sp³-hybridized carbons (Fsp3) is 0.0500. The van der Waals surface area contributed by atoms with Crippen LogP contribution in [0.5, 0.6) is 5.75 Å². The Balaban J connectivity index is 2.03. The molecule has 1 fully saturated rings. The Hall–Kier alpha value is -1.64. The quantitative estimate of drug-likeness (QED) is 0.165. The molecule has 0 radical (unpaired) electrons. The largest absolute Gasteiger partial charge is 0.479 e. The molecule has 0 spiro atoms. The molecule has 1 aliphatic heterocycles. The molecule has 2 aromatic carbocycles. The molecule has 10 heteroatoms. The summed E-state index contributed by atoms with van der Waals surface area (Å²) in [5.41, 5.74) is 0.765. The first-order chi connectivity index (χ1) is 14.2. The van der Waals surface area contributed by atoms with Crippen molar-refractivity contribution in [3.8, 4) is 18.1 Å². The smallest absolute Gasteiger partial charge is 0.270 e. The summed E-state index contributed by atoms with van der Waals surface area (Å²) >= 11 is 23.0. The zero-order chi connectivity index (χ0) is 22.0. The van der Waals surface area contributed by atoms with E-state index in [0.29, 0.717) is 15.8 Å². The summed E-state index contributed by atoms with van der Waals surface area (Å²) in [4.78, 5) is 26.8. The zero-order valence-electron chi connectivity index (χ0n) is 14.8. The van der Waals surface area contributed by atoms with E-state index >= 15 is 0 Å². The molecular weight excluding hydrogens is 626 g/mol. The summed E-state index contributed by atoms with van der Waals surface area (Å²) < 4.78 is 6.89. The summed E-state index contributed by atoms with van der Waals surface area (Å²) in [5, 5.41) is 2.84. The van der Waals surface area contributed by atoms with Crippen LogP contribution >= 0.6 is 73.9 Å². The lowest BCUT2D eigenvalue weighted by atomic mass is 10.1. The summed E-state index contributed by atoms with van der Waals surface area (Å²) in [6.07, 6.45) is 6.70. The predicted octanol–water partition coefficient (Wildman–Crippen LogP) is 5.20. The number of ether oxygens (including phenoxy) is 1. The minimum Gasteiger partial charge on any atom is -0.479 e. The minimum absolute atomic E-state index is 0.0832. The molecule has 5 nitrogen and oxygen atoms in total. The second kappa shape index (κ2) is 9.66. The number of nitrogens with zero attached hydrogens (tertiary/aromatic N) is 1.